The van der Waals surface area contributed by atoms with Crippen molar-refractivity contribution in [3.63, 3.8) is 0 Å². The Hall–Kier alpha value is -2.38. The zero-order valence-electron chi connectivity index (χ0n) is 14.4. The van der Waals surface area contributed by atoms with Crippen molar-refractivity contribution in [3.8, 4) is 0 Å². The van der Waals surface area contributed by atoms with Crippen molar-refractivity contribution in [1.82, 2.24) is 0 Å². The third-order valence-corrected chi connectivity index (χ3v) is 6.46. The minimum absolute atomic E-state index is 1.18. The van der Waals surface area contributed by atoms with Gasteiger partial charge < -0.3 is 0 Å². The van der Waals surface area contributed by atoms with Crippen LogP contribution in [0.3, 0.4) is 0 Å². The van der Waals surface area contributed by atoms with Gasteiger partial charge in [-0.3, -0.25) is 0 Å². The highest BCUT2D eigenvalue weighted by atomic mass is 32.1. The molecular weight excluding hydrogens is 320 g/mol. The molecule has 4 aromatic carbocycles. The molecule has 5 aromatic rings. The Morgan fingerprint density at radius 1 is 0.720 bits per heavy atom. The summed E-state index contributed by atoms with van der Waals surface area (Å²) < 4.78 is 2.79. The molecule has 0 radical (unpaired) electrons. The van der Waals surface area contributed by atoms with Gasteiger partial charge in [-0.05, 0) is 40.6 Å². The lowest BCUT2D eigenvalue weighted by atomic mass is 9.97. The van der Waals surface area contributed by atoms with E-state index in [1.807, 2.05) is 11.3 Å². The van der Waals surface area contributed by atoms with E-state index in [0.29, 0.717) is 0 Å². The fourth-order valence-corrected chi connectivity index (χ4v) is 5.15. The molecule has 0 amide bonds. The van der Waals surface area contributed by atoms with Crippen molar-refractivity contribution in [2.24, 2.45) is 0 Å². The molecule has 1 heteroatoms. The fourth-order valence-electron chi connectivity index (χ4n) is 3.91. The highest BCUT2D eigenvalue weighted by Crippen LogP contribution is 2.40. The first-order chi connectivity index (χ1) is 12.3. The topological polar surface area (TPSA) is 0 Å². The molecule has 0 N–H and O–H groups in total. The SMILES string of the molecule is CCCCc1ccc2c(ccc3c2ccc2c4ccccc4sc23)c1. The standard InChI is InChI=1S/C24H20S/c1-2-3-6-16-9-11-18-17(15-16)10-12-21-19(18)13-14-22-20-7-4-5-8-23(20)25-24(21)22/h4-5,7-15H,2-3,6H2,1H3. The monoisotopic (exact) mass is 340 g/mol. The van der Waals surface area contributed by atoms with E-state index in [0.717, 1.165) is 0 Å². The maximum Gasteiger partial charge on any atom is 0.0434 e. The number of fused-ring (bicyclic) bond motifs is 7. The average molecular weight is 340 g/mol. The quantitative estimate of drug-likeness (QED) is 0.295. The number of aryl methyl sites for hydroxylation is 1. The molecule has 0 aliphatic carbocycles. The molecule has 0 spiro atoms. The van der Waals surface area contributed by atoms with Crippen LogP contribution in [-0.4, -0.2) is 0 Å². The zero-order valence-corrected chi connectivity index (χ0v) is 15.2. The van der Waals surface area contributed by atoms with Crippen molar-refractivity contribution in [3.05, 3.63) is 72.3 Å². The van der Waals surface area contributed by atoms with Gasteiger partial charge in [0.25, 0.3) is 0 Å². The van der Waals surface area contributed by atoms with Crippen LogP contribution in [0.1, 0.15) is 25.3 Å². The molecule has 5 rings (SSSR count). The van der Waals surface area contributed by atoms with E-state index in [9.17, 15) is 0 Å². The van der Waals surface area contributed by atoms with Gasteiger partial charge >= 0.3 is 0 Å². The smallest absolute Gasteiger partial charge is 0.0434 e. The maximum atomic E-state index is 2.37. The molecule has 0 saturated carbocycles. The second-order valence-corrected chi connectivity index (χ2v) is 7.91. The van der Waals surface area contributed by atoms with Crippen LogP contribution in [0.5, 0.6) is 0 Å². The van der Waals surface area contributed by atoms with Crippen molar-refractivity contribution in [2.45, 2.75) is 26.2 Å². The lowest BCUT2D eigenvalue weighted by molar-refractivity contribution is 0.796. The van der Waals surface area contributed by atoms with E-state index in [1.54, 1.807) is 0 Å². The summed E-state index contributed by atoms with van der Waals surface area (Å²) in [7, 11) is 0. The summed E-state index contributed by atoms with van der Waals surface area (Å²) in [5, 5.41) is 8.25. The first kappa shape index (κ1) is 14.9. The van der Waals surface area contributed by atoms with Crippen molar-refractivity contribution in [1.29, 1.82) is 0 Å². The van der Waals surface area contributed by atoms with Crippen LogP contribution < -0.4 is 0 Å². The van der Waals surface area contributed by atoms with Crippen LogP contribution in [0.15, 0.2) is 66.7 Å². The van der Waals surface area contributed by atoms with E-state index >= 15 is 0 Å². The minimum Gasteiger partial charge on any atom is -0.135 e. The Morgan fingerprint density at radius 2 is 1.48 bits per heavy atom. The number of rotatable bonds is 3. The van der Waals surface area contributed by atoms with Gasteiger partial charge in [0.05, 0.1) is 0 Å². The largest absolute Gasteiger partial charge is 0.135 e. The zero-order chi connectivity index (χ0) is 16.8. The molecule has 0 aliphatic heterocycles. The maximum absolute atomic E-state index is 2.37. The predicted molar refractivity (Wildman–Crippen MR) is 113 cm³/mol. The Balaban J connectivity index is 1.79. The van der Waals surface area contributed by atoms with E-state index in [-0.39, 0.29) is 0 Å². The Kier molecular flexibility index (Phi) is 3.50. The molecule has 122 valence electrons. The normalized spacial score (nSPS) is 11.9. The van der Waals surface area contributed by atoms with Gasteiger partial charge in [-0.15, -0.1) is 11.3 Å². The summed E-state index contributed by atoms with van der Waals surface area (Å²) >= 11 is 1.91. The number of hydrogen-bond acceptors (Lipinski definition) is 1. The summed E-state index contributed by atoms with van der Waals surface area (Å²) in [5.41, 5.74) is 1.46. The molecule has 0 bridgehead atoms. The fraction of sp³-hybridized carbons (Fsp3) is 0.167. The first-order valence-corrected chi connectivity index (χ1v) is 9.92. The van der Waals surface area contributed by atoms with E-state index < -0.39 is 0 Å². The Bertz CT molecular complexity index is 1230. The molecule has 0 atom stereocenters. The molecule has 0 unspecified atom stereocenters. The number of hydrogen-bond donors (Lipinski definition) is 0. The molecule has 25 heavy (non-hydrogen) atoms. The van der Waals surface area contributed by atoms with Crippen LogP contribution in [-0.2, 0) is 6.42 Å². The lowest BCUT2D eigenvalue weighted by Gasteiger charge is -2.07. The van der Waals surface area contributed by atoms with Gasteiger partial charge in [0.15, 0.2) is 0 Å². The lowest BCUT2D eigenvalue weighted by Crippen LogP contribution is -1.85. The third kappa shape index (κ3) is 2.34. The van der Waals surface area contributed by atoms with Crippen LogP contribution in [0.25, 0.3) is 41.7 Å². The van der Waals surface area contributed by atoms with E-state index in [4.69, 9.17) is 0 Å². The Labute approximate surface area is 151 Å². The van der Waals surface area contributed by atoms with Crippen molar-refractivity contribution in [2.75, 3.05) is 0 Å². The number of thiophene rings is 1. The number of unbranched alkanes of at least 4 members (excludes halogenated alkanes) is 1. The van der Waals surface area contributed by atoms with Gasteiger partial charge in [0.2, 0.25) is 0 Å². The molecule has 0 saturated heterocycles. The number of benzene rings is 4. The second kappa shape index (κ2) is 5.86. The van der Waals surface area contributed by atoms with Crippen LogP contribution in [0, 0.1) is 0 Å². The van der Waals surface area contributed by atoms with Gasteiger partial charge in [0, 0.05) is 25.6 Å². The highest BCUT2D eigenvalue weighted by Gasteiger charge is 2.10. The molecular formula is C24H20S. The second-order valence-electron chi connectivity index (χ2n) is 6.86. The molecule has 0 nitrogen and oxygen atoms in total. The summed E-state index contributed by atoms with van der Waals surface area (Å²) in [6.45, 7) is 2.25. The minimum atomic E-state index is 1.18. The summed E-state index contributed by atoms with van der Waals surface area (Å²) in [4.78, 5) is 0. The van der Waals surface area contributed by atoms with E-state index in [2.05, 4.69) is 73.7 Å². The van der Waals surface area contributed by atoms with Crippen LogP contribution in [0.4, 0.5) is 0 Å². The summed E-state index contributed by atoms with van der Waals surface area (Å²) in [5.74, 6) is 0. The third-order valence-electron chi connectivity index (χ3n) is 5.24. The first-order valence-electron chi connectivity index (χ1n) is 9.11. The van der Waals surface area contributed by atoms with Crippen molar-refractivity contribution >= 4 is 53.1 Å². The molecule has 1 heterocycles. The van der Waals surface area contributed by atoms with E-state index in [1.165, 1.54) is 66.5 Å². The summed E-state index contributed by atoms with van der Waals surface area (Å²) in [6, 6.07) is 25.0. The Morgan fingerprint density at radius 3 is 2.40 bits per heavy atom. The molecule has 0 aliphatic rings. The molecule has 1 aromatic heterocycles. The average Bonchev–Trinajstić information content (AvgIpc) is 3.04. The van der Waals surface area contributed by atoms with Crippen molar-refractivity contribution < 1.29 is 0 Å². The van der Waals surface area contributed by atoms with Crippen LogP contribution >= 0.6 is 11.3 Å². The van der Waals surface area contributed by atoms with Crippen LogP contribution in [0.2, 0.25) is 0 Å². The molecule has 0 fully saturated rings. The van der Waals surface area contributed by atoms with Gasteiger partial charge in [-0.1, -0.05) is 74.0 Å². The predicted octanol–water partition coefficient (Wildman–Crippen LogP) is 7.70. The van der Waals surface area contributed by atoms with Gasteiger partial charge in [-0.25, -0.2) is 0 Å². The highest BCUT2D eigenvalue weighted by molar-refractivity contribution is 7.26. The van der Waals surface area contributed by atoms with Gasteiger partial charge in [-0.2, -0.15) is 0 Å². The summed E-state index contributed by atoms with van der Waals surface area (Å²) in [6.07, 6.45) is 3.70. The van der Waals surface area contributed by atoms with Gasteiger partial charge in [0.1, 0.15) is 0 Å².